The van der Waals surface area contributed by atoms with Gasteiger partial charge in [-0.3, -0.25) is 0 Å². The molecular weight excluding hydrogens is 246 g/mol. The van der Waals surface area contributed by atoms with Crippen LogP contribution in [0.3, 0.4) is 0 Å². The first kappa shape index (κ1) is 14.5. The molecule has 1 aromatic rings. The number of thiol groups is 1. The third-order valence-electron chi connectivity index (χ3n) is 2.81. The van der Waals surface area contributed by atoms with Gasteiger partial charge in [-0.2, -0.15) is 0 Å². The molecule has 0 saturated carbocycles. The van der Waals surface area contributed by atoms with Crippen molar-refractivity contribution in [3.63, 3.8) is 0 Å². The van der Waals surface area contributed by atoms with Gasteiger partial charge in [0.1, 0.15) is 4.32 Å². The Kier molecular flexibility index (Phi) is 7.29. The highest BCUT2D eigenvalue weighted by Crippen LogP contribution is 2.18. The lowest BCUT2D eigenvalue weighted by atomic mass is 10.0. The normalized spacial score (nSPS) is 10.2. The van der Waals surface area contributed by atoms with Gasteiger partial charge >= 0.3 is 0 Å². The smallest absolute Gasteiger partial charge is 0.135 e. The number of anilines is 1. The molecule has 1 rings (SSSR count). The summed E-state index contributed by atoms with van der Waals surface area (Å²) in [5, 5.41) is 3.12. The number of rotatable bonds is 7. The Labute approximate surface area is 115 Å². The van der Waals surface area contributed by atoms with Gasteiger partial charge in [-0.05, 0) is 24.5 Å². The highest BCUT2D eigenvalue weighted by molar-refractivity contribution is 8.11. The Morgan fingerprint density at radius 2 is 1.88 bits per heavy atom. The molecule has 3 heteroatoms. The highest BCUT2D eigenvalue weighted by Gasteiger charge is 2.01. The first-order valence-electron chi connectivity index (χ1n) is 6.32. The van der Waals surface area contributed by atoms with Gasteiger partial charge in [0.05, 0.1) is 0 Å². The van der Waals surface area contributed by atoms with Crippen LogP contribution in [0.25, 0.3) is 0 Å². The van der Waals surface area contributed by atoms with Crippen LogP contribution in [0, 0.1) is 0 Å². The van der Waals surface area contributed by atoms with Crippen molar-refractivity contribution < 1.29 is 0 Å². The summed E-state index contributed by atoms with van der Waals surface area (Å²) >= 11 is 9.07. The van der Waals surface area contributed by atoms with Crippen LogP contribution in [0.4, 0.5) is 5.69 Å². The molecule has 0 spiro atoms. The molecule has 0 aliphatic carbocycles. The summed E-state index contributed by atoms with van der Waals surface area (Å²) in [4.78, 5) is 0. The maximum Gasteiger partial charge on any atom is 0.135 e. The van der Waals surface area contributed by atoms with E-state index >= 15 is 0 Å². The predicted molar refractivity (Wildman–Crippen MR) is 84.1 cm³/mol. The molecule has 0 saturated heterocycles. The molecule has 0 aliphatic rings. The standard InChI is InChI=1S/C14H21NS2/c1-2-3-4-5-6-9-12-10-7-8-11-13(12)15-14(16)17/h7-8,10-11H,2-6,9H2,1H3,(H2,15,16,17). The second-order valence-corrected chi connectivity index (χ2v) is 5.41. The molecule has 0 amide bonds. The van der Waals surface area contributed by atoms with Crippen molar-refractivity contribution in [1.29, 1.82) is 0 Å². The number of benzene rings is 1. The van der Waals surface area contributed by atoms with Crippen molar-refractivity contribution in [2.24, 2.45) is 0 Å². The molecule has 1 N–H and O–H groups in total. The van der Waals surface area contributed by atoms with Gasteiger partial charge in [-0.15, -0.1) is 12.6 Å². The molecule has 0 fully saturated rings. The summed E-state index contributed by atoms with van der Waals surface area (Å²) in [7, 11) is 0. The van der Waals surface area contributed by atoms with E-state index in [1.807, 2.05) is 6.07 Å². The Morgan fingerprint density at radius 1 is 1.18 bits per heavy atom. The lowest BCUT2D eigenvalue weighted by Gasteiger charge is -2.10. The van der Waals surface area contributed by atoms with Gasteiger partial charge < -0.3 is 5.32 Å². The molecule has 1 nitrogen and oxygen atoms in total. The van der Waals surface area contributed by atoms with Gasteiger partial charge in [0.15, 0.2) is 0 Å². The Morgan fingerprint density at radius 3 is 2.59 bits per heavy atom. The zero-order valence-electron chi connectivity index (χ0n) is 10.4. The van der Waals surface area contributed by atoms with Crippen molar-refractivity contribution in [3.8, 4) is 0 Å². The summed E-state index contributed by atoms with van der Waals surface area (Å²) in [6, 6.07) is 8.32. The Bertz CT molecular complexity index is 350. The van der Waals surface area contributed by atoms with Gasteiger partial charge in [-0.1, -0.05) is 63.0 Å². The number of aryl methyl sites for hydroxylation is 1. The first-order chi connectivity index (χ1) is 8.24. The highest BCUT2D eigenvalue weighted by atomic mass is 32.1. The van der Waals surface area contributed by atoms with Crippen molar-refractivity contribution in [3.05, 3.63) is 29.8 Å². The van der Waals surface area contributed by atoms with E-state index in [1.54, 1.807) is 0 Å². The van der Waals surface area contributed by atoms with E-state index in [0.29, 0.717) is 4.32 Å². The third kappa shape index (κ3) is 6.08. The molecule has 0 radical (unpaired) electrons. The van der Waals surface area contributed by atoms with E-state index in [0.717, 1.165) is 12.1 Å². The van der Waals surface area contributed by atoms with E-state index in [2.05, 4.69) is 43.1 Å². The summed E-state index contributed by atoms with van der Waals surface area (Å²) in [5.41, 5.74) is 2.43. The number of thiocarbonyl (C=S) groups is 1. The summed E-state index contributed by atoms with van der Waals surface area (Å²) < 4.78 is 0.531. The minimum absolute atomic E-state index is 0.531. The van der Waals surface area contributed by atoms with E-state index in [9.17, 15) is 0 Å². The van der Waals surface area contributed by atoms with Crippen LogP contribution in [0.15, 0.2) is 24.3 Å². The quantitative estimate of drug-likeness (QED) is 0.417. The molecule has 0 bridgehead atoms. The zero-order valence-corrected chi connectivity index (χ0v) is 12.1. The minimum Gasteiger partial charge on any atom is -0.341 e. The fourth-order valence-corrected chi connectivity index (χ4v) is 2.12. The number of para-hydroxylation sites is 1. The van der Waals surface area contributed by atoms with E-state index in [1.165, 1.54) is 37.7 Å². The lowest BCUT2D eigenvalue weighted by Crippen LogP contribution is -2.04. The summed E-state index contributed by atoms with van der Waals surface area (Å²) in [6.07, 6.45) is 7.67. The van der Waals surface area contributed by atoms with Crippen LogP contribution in [-0.2, 0) is 6.42 Å². The van der Waals surface area contributed by atoms with E-state index in [4.69, 9.17) is 12.2 Å². The van der Waals surface area contributed by atoms with Gasteiger partial charge in [0.2, 0.25) is 0 Å². The van der Waals surface area contributed by atoms with E-state index in [-0.39, 0.29) is 0 Å². The van der Waals surface area contributed by atoms with Crippen molar-refractivity contribution in [2.75, 3.05) is 5.32 Å². The van der Waals surface area contributed by atoms with Gasteiger partial charge in [-0.25, -0.2) is 0 Å². The largest absolute Gasteiger partial charge is 0.341 e. The summed E-state index contributed by atoms with van der Waals surface area (Å²) in [5.74, 6) is 0. The van der Waals surface area contributed by atoms with Gasteiger partial charge in [0, 0.05) is 5.69 Å². The molecule has 0 aromatic heterocycles. The van der Waals surface area contributed by atoms with Crippen LogP contribution >= 0.6 is 24.8 Å². The molecule has 1 aromatic carbocycles. The van der Waals surface area contributed by atoms with Crippen LogP contribution in [0.5, 0.6) is 0 Å². The molecule has 0 atom stereocenters. The molecule has 0 heterocycles. The van der Waals surface area contributed by atoms with Crippen LogP contribution in [0.1, 0.15) is 44.6 Å². The van der Waals surface area contributed by atoms with Crippen LogP contribution in [0.2, 0.25) is 0 Å². The fraction of sp³-hybridized carbons (Fsp3) is 0.500. The zero-order chi connectivity index (χ0) is 12.5. The maximum atomic E-state index is 4.96. The number of unbranched alkanes of at least 4 members (excludes halogenated alkanes) is 4. The lowest BCUT2D eigenvalue weighted by molar-refractivity contribution is 0.632. The average Bonchev–Trinajstić information content (AvgIpc) is 2.30. The van der Waals surface area contributed by atoms with Gasteiger partial charge in [0.25, 0.3) is 0 Å². The van der Waals surface area contributed by atoms with Crippen molar-refractivity contribution >= 4 is 34.9 Å². The Balaban J connectivity index is 2.43. The third-order valence-corrected chi connectivity index (χ3v) is 3.02. The average molecular weight is 267 g/mol. The second kappa shape index (κ2) is 8.54. The topological polar surface area (TPSA) is 12.0 Å². The van der Waals surface area contributed by atoms with Crippen LogP contribution in [-0.4, -0.2) is 4.32 Å². The molecule has 0 unspecified atom stereocenters. The molecule has 0 aliphatic heterocycles. The number of hydrogen-bond donors (Lipinski definition) is 2. The predicted octanol–water partition coefficient (Wildman–Crippen LogP) is 4.83. The molecular formula is C14H21NS2. The monoisotopic (exact) mass is 267 g/mol. The number of hydrogen-bond acceptors (Lipinski definition) is 1. The molecule has 17 heavy (non-hydrogen) atoms. The second-order valence-electron chi connectivity index (χ2n) is 4.25. The van der Waals surface area contributed by atoms with Crippen molar-refractivity contribution in [2.45, 2.75) is 45.4 Å². The van der Waals surface area contributed by atoms with Crippen molar-refractivity contribution in [1.82, 2.24) is 0 Å². The maximum absolute atomic E-state index is 4.96. The Hall–Kier alpha value is -0.540. The fourth-order valence-electron chi connectivity index (χ4n) is 1.89. The van der Waals surface area contributed by atoms with Crippen LogP contribution < -0.4 is 5.32 Å². The first-order valence-corrected chi connectivity index (χ1v) is 7.17. The summed E-state index contributed by atoms with van der Waals surface area (Å²) in [6.45, 7) is 2.24. The number of nitrogens with one attached hydrogen (secondary N) is 1. The SMILES string of the molecule is CCCCCCCc1ccccc1NC(=S)S. The molecule has 94 valence electrons. The van der Waals surface area contributed by atoms with E-state index < -0.39 is 0 Å². The minimum atomic E-state index is 0.531.